The molecule has 1 rings (SSSR count). The standard InChI is InChI=1S/C15H24O3/c1-14(2,3)9-8-10(16)12(15(4,5)6)11(9)13(17)18-7/h8,11-12H,1-7H3/t11-,12-/m0/s1. The van der Waals surface area contributed by atoms with E-state index in [0.29, 0.717) is 0 Å². The second-order valence-corrected chi connectivity index (χ2v) is 7.10. The van der Waals surface area contributed by atoms with E-state index >= 15 is 0 Å². The molecule has 3 heteroatoms. The maximum Gasteiger partial charge on any atom is 0.313 e. The first-order valence-corrected chi connectivity index (χ1v) is 6.34. The molecule has 0 spiro atoms. The van der Waals surface area contributed by atoms with E-state index in [1.165, 1.54) is 7.11 Å². The van der Waals surface area contributed by atoms with Crippen LogP contribution in [-0.2, 0) is 14.3 Å². The summed E-state index contributed by atoms with van der Waals surface area (Å²) >= 11 is 0. The van der Waals surface area contributed by atoms with Gasteiger partial charge in [0.25, 0.3) is 0 Å². The van der Waals surface area contributed by atoms with Gasteiger partial charge < -0.3 is 4.74 Å². The normalized spacial score (nSPS) is 25.1. The topological polar surface area (TPSA) is 43.4 Å². The Kier molecular flexibility index (Phi) is 3.75. The van der Waals surface area contributed by atoms with E-state index in [2.05, 4.69) is 0 Å². The van der Waals surface area contributed by atoms with Crippen LogP contribution in [0.1, 0.15) is 41.5 Å². The molecule has 1 aliphatic rings. The maximum absolute atomic E-state index is 12.2. The molecular weight excluding hydrogens is 228 g/mol. The van der Waals surface area contributed by atoms with Crippen molar-refractivity contribution >= 4 is 11.8 Å². The Morgan fingerprint density at radius 1 is 1.17 bits per heavy atom. The number of hydrogen-bond acceptors (Lipinski definition) is 3. The summed E-state index contributed by atoms with van der Waals surface area (Å²) in [4.78, 5) is 24.3. The van der Waals surface area contributed by atoms with Gasteiger partial charge in [0.2, 0.25) is 0 Å². The lowest BCUT2D eigenvalue weighted by atomic mass is 9.69. The average Bonchev–Trinajstić information content (AvgIpc) is 2.53. The van der Waals surface area contributed by atoms with Gasteiger partial charge in [-0.15, -0.1) is 0 Å². The van der Waals surface area contributed by atoms with Gasteiger partial charge >= 0.3 is 5.97 Å². The number of allylic oxidation sites excluding steroid dienone is 1. The van der Waals surface area contributed by atoms with Crippen molar-refractivity contribution in [3.05, 3.63) is 11.6 Å². The smallest absolute Gasteiger partial charge is 0.313 e. The highest BCUT2D eigenvalue weighted by Gasteiger charge is 2.49. The fourth-order valence-electron chi connectivity index (χ4n) is 2.68. The van der Waals surface area contributed by atoms with Crippen molar-refractivity contribution in [1.29, 1.82) is 0 Å². The van der Waals surface area contributed by atoms with Gasteiger partial charge in [-0.1, -0.05) is 41.5 Å². The fraction of sp³-hybridized carbons (Fsp3) is 0.733. The number of methoxy groups -OCH3 is 1. The Hall–Kier alpha value is -1.12. The zero-order chi connectivity index (χ0) is 14.3. The van der Waals surface area contributed by atoms with E-state index in [1.54, 1.807) is 6.08 Å². The second-order valence-electron chi connectivity index (χ2n) is 7.10. The number of carbonyl (C=O) groups is 2. The van der Waals surface area contributed by atoms with E-state index < -0.39 is 5.92 Å². The number of carbonyl (C=O) groups excluding carboxylic acids is 2. The molecule has 2 atom stereocenters. The van der Waals surface area contributed by atoms with Gasteiger partial charge in [-0.3, -0.25) is 9.59 Å². The number of ketones is 1. The van der Waals surface area contributed by atoms with E-state index in [9.17, 15) is 9.59 Å². The van der Waals surface area contributed by atoms with Gasteiger partial charge in [-0.2, -0.15) is 0 Å². The molecule has 0 fully saturated rings. The van der Waals surface area contributed by atoms with Gasteiger partial charge in [0.1, 0.15) is 0 Å². The Morgan fingerprint density at radius 2 is 1.67 bits per heavy atom. The molecule has 0 amide bonds. The molecule has 0 aliphatic heterocycles. The van der Waals surface area contributed by atoms with Crippen LogP contribution in [-0.4, -0.2) is 18.9 Å². The summed E-state index contributed by atoms with van der Waals surface area (Å²) in [6.45, 7) is 12.0. The number of rotatable bonds is 1. The lowest BCUT2D eigenvalue weighted by Gasteiger charge is -2.34. The van der Waals surface area contributed by atoms with Gasteiger partial charge in [0.05, 0.1) is 13.0 Å². The van der Waals surface area contributed by atoms with Crippen LogP contribution in [0.25, 0.3) is 0 Å². The first kappa shape index (κ1) is 14.9. The molecule has 0 unspecified atom stereocenters. The summed E-state index contributed by atoms with van der Waals surface area (Å²) in [5, 5.41) is 0. The highest BCUT2D eigenvalue weighted by atomic mass is 16.5. The van der Waals surface area contributed by atoms with Crippen LogP contribution in [0.3, 0.4) is 0 Å². The van der Waals surface area contributed by atoms with Gasteiger partial charge in [-0.05, 0) is 22.5 Å². The zero-order valence-corrected chi connectivity index (χ0v) is 12.5. The van der Waals surface area contributed by atoms with Crippen molar-refractivity contribution in [2.24, 2.45) is 22.7 Å². The first-order valence-electron chi connectivity index (χ1n) is 6.34. The molecule has 0 radical (unpaired) electrons. The van der Waals surface area contributed by atoms with E-state index in [4.69, 9.17) is 4.74 Å². The molecule has 0 heterocycles. The van der Waals surface area contributed by atoms with Crippen LogP contribution in [0.5, 0.6) is 0 Å². The highest BCUT2D eigenvalue weighted by molar-refractivity contribution is 6.01. The molecule has 0 saturated heterocycles. The SMILES string of the molecule is COC(=O)[C@H]1C(C(C)(C)C)=CC(=O)[C@@H]1C(C)(C)C. The molecule has 1 aliphatic carbocycles. The minimum atomic E-state index is -0.442. The third-order valence-electron chi connectivity index (χ3n) is 3.53. The van der Waals surface area contributed by atoms with Crippen molar-refractivity contribution < 1.29 is 14.3 Å². The molecule has 0 aromatic heterocycles. The van der Waals surface area contributed by atoms with Crippen LogP contribution in [0, 0.1) is 22.7 Å². The Labute approximate surface area is 110 Å². The molecule has 0 aromatic carbocycles. The van der Waals surface area contributed by atoms with Crippen molar-refractivity contribution in [3.63, 3.8) is 0 Å². The van der Waals surface area contributed by atoms with Gasteiger partial charge in [0, 0.05) is 5.92 Å². The van der Waals surface area contributed by atoms with Gasteiger partial charge in [-0.25, -0.2) is 0 Å². The van der Waals surface area contributed by atoms with E-state index in [0.717, 1.165) is 5.57 Å². The second kappa shape index (κ2) is 4.52. The zero-order valence-electron chi connectivity index (χ0n) is 12.5. The average molecular weight is 252 g/mol. The number of hydrogen-bond donors (Lipinski definition) is 0. The third kappa shape index (κ3) is 2.65. The Balaban J connectivity index is 3.27. The minimum Gasteiger partial charge on any atom is -0.469 e. The number of ether oxygens (including phenoxy) is 1. The number of esters is 1. The fourth-order valence-corrected chi connectivity index (χ4v) is 2.68. The van der Waals surface area contributed by atoms with E-state index in [-0.39, 0.29) is 28.5 Å². The first-order chi connectivity index (χ1) is 8.00. The lowest BCUT2D eigenvalue weighted by molar-refractivity contribution is -0.149. The molecule has 3 nitrogen and oxygen atoms in total. The summed E-state index contributed by atoms with van der Waals surface area (Å²) < 4.78 is 4.90. The summed E-state index contributed by atoms with van der Waals surface area (Å²) in [5.41, 5.74) is 0.438. The van der Waals surface area contributed by atoms with Crippen molar-refractivity contribution in [3.8, 4) is 0 Å². The molecule has 102 valence electrons. The molecular formula is C15H24O3. The summed E-state index contributed by atoms with van der Waals surface area (Å²) in [6, 6.07) is 0. The molecule has 18 heavy (non-hydrogen) atoms. The minimum absolute atomic E-state index is 0.0443. The van der Waals surface area contributed by atoms with Crippen LogP contribution >= 0.6 is 0 Å². The summed E-state index contributed by atoms with van der Waals surface area (Å²) in [6.07, 6.45) is 1.65. The third-order valence-corrected chi connectivity index (χ3v) is 3.53. The molecule has 0 saturated carbocycles. The van der Waals surface area contributed by atoms with Crippen LogP contribution in [0.15, 0.2) is 11.6 Å². The van der Waals surface area contributed by atoms with Crippen LogP contribution in [0.4, 0.5) is 0 Å². The Bertz CT molecular complexity index is 391. The van der Waals surface area contributed by atoms with Crippen molar-refractivity contribution in [2.75, 3.05) is 7.11 Å². The largest absolute Gasteiger partial charge is 0.469 e. The summed E-state index contributed by atoms with van der Waals surface area (Å²) in [7, 11) is 1.38. The van der Waals surface area contributed by atoms with Crippen molar-refractivity contribution in [2.45, 2.75) is 41.5 Å². The highest BCUT2D eigenvalue weighted by Crippen LogP contribution is 2.47. The van der Waals surface area contributed by atoms with Crippen molar-refractivity contribution in [1.82, 2.24) is 0 Å². The lowest BCUT2D eigenvalue weighted by Crippen LogP contribution is -2.37. The maximum atomic E-state index is 12.2. The van der Waals surface area contributed by atoms with Crippen LogP contribution < -0.4 is 0 Å². The van der Waals surface area contributed by atoms with Gasteiger partial charge in [0.15, 0.2) is 5.78 Å². The molecule has 0 bridgehead atoms. The predicted molar refractivity (Wildman–Crippen MR) is 71.0 cm³/mol. The summed E-state index contributed by atoms with van der Waals surface area (Å²) in [5.74, 6) is -1.02. The Morgan fingerprint density at radius 3 is 2.00 bits per heavy atom. The monoisotopic (exact) mass is 252 g/mol. The van der Waals surface area contributed by atoms with E-state index in [1.807, 2.05) is 41.5 Å². The quantitative estimate of drug-likeness (QED) is 0.674. The molecule has 0 N–H and O–H groups in total. The predicted octanol–water partition coefficient (Wildman–Crippen LogP) is 2.99. The van der Waals surface area contributed by atoms with Crippen LogP contribution in [0.2, 0.25) is 0 Å². The molecule has 0 aromatic rings.